The quantitative estimate of drug-likeness (QED) is 0.643. The molecule has 0 spiro atoms. The molecular formula is C16H20BrClF3N5O. The Hall–Kier alpha value is -1.55. The molecule has 1 amide bonds. The maximum atomic E-state index is 12.9. The maximum Gasteiger partial charge on any atom is 0.436 e. The Morgan fingerprint density at radius 1 is 1.26 bits per heavy atom. The number of aryl methyl sites for hydroxylation is 2. The van der Waals surface area contributed by atoms with E-state index in [0.717, 1.165) is 20.5 Å². The Morgan fingerprint density at radius 3 is 2.37 bits per heavy atom. The summed E-state index contributed by atoms with van der Waals surface area (Å²) >= 11 is 9.17. The number of hydrogen-bond acceptors (Lipinski definition) is 3. The van der Waals surface area contributed by atoms with Crippen LogP contribution in [-0.4, -0.2) is 32.0 Å². The molecule has 11 heteroatoms. The first kappa shape index (κ1) is 21.7. The van der Waals surface area contributed by atoms with Crippen molar-refractivity contribution >= 4 is 33.4 Å². The third-order valence-electron chi connectivity index (χ3n) is 4.23. The second-order valence-electron chi connectivity index (χ2n) is 6.22. The SMILES string of the molecule is Cc1nn(CCCNC(=O)C(C)n2nc(C(F)(F)F)c(Cl)c2C)c(C)c1Br. The van der Waals surface area contributed by atoms with Crippen LogP contribution in [0.2, 0.25) is 5.02 Å². The van der Waals surface area contributed by atoms with Gasteiger partial charge < -0.3 is 5.32 Å². The van der Waals surface area contributed by atoms with Crippen molar-refractivity contribution < 1.29 is 18.0 Å². The van der Waals surface area contributed by atoms with Crippen LogP contribution in [0.5, 0.6) is 0 Å². The van der Waals surface area contributed by atoms with Crippen LogP contribution in [0.3, 0.4) is 0 Å². The third kappa shape index (κ3) is 4.66. The molecule has 6 nitrogen and oxygen atoms in total. The van der Waals surface area contributed by atoms with Crippen LogP contribution in [-0.2, 0) is 17.5 Å². The molecule has 0 aliphatic heterocycles. The number of amides is 1. The Morgan fingerprint density at radius 2 is 1.89 bits per heavy atom. The third-order valence-corrected chi connectivity index (χ3v) is 5.83. The van der Waals surface area contributed by atoms with E-state index in [4.69, 9.17) is 11.6 Å². The molecule has 150 valence electrons. The molecule has 1 unspecified atom stereocenters. The van der Waals surface area contributed by atoms with Crippen LogP contribution < -0.4 is 5.32 Å². The lowest BCUT2D eigenvalue weighted by molar-refractivity contribution is -0.141. The van der Waals surface area contributed by atoms with E-state index in [0.29, 0.717) is 19.5 Å². The van der Waals surface area contributed by atoms with Gasteiger partial charge in [-0.1, -0.05) is 11.6 Å². The van der Waals surface area contributed by atoms with Crippen LogP contribution in [0.4, 0.5) is 13.2 Å². The van der Waals surface area contributed by atoms with Gasteiger partial charge in [0.05, 0.1) is 20.9 Å². The zero-order chi connectivity index (χ0) is 20.5. The highest BCUT2D eigenvalue weighted by Crippen LogP contribution is 2.36. The van der Waals surface area contributed by atoms with E-state index in [1.165, 1.54) is 13.8 Å². The molecule has 0 bridgehead atoms. The monoisotopic (exact) mass is 469 g/mol. The molecule has 2 heterocycles. The number of nitrogens with zero attached hydrogens (tertiary/aromatic N) is 4. The Kier molecular flexibility index (Phi) is 6.62. The molecule has 0 aliphatic rings. The fourth-order valence-corrected chi connectivity index (χ4v) is 3.16. The number of halogens is 5. The van der Waals surface area contributed by atoms with Crippen molar-refractivity contribution in [1.82, 2.24) is 24.9 Å². The number of alkyl halides is 3. The first-order valence-corrected chi connectivity index (χ1v) is 9.41. The van der Waals surface area contributed by atoms with Crippen molar-refractivity contribution in [2.45, 2.75) is 52.9 Å². The summed E-state index contributed by atoms with van der Waals surface area (Å²) < 4.78 is 42.5. The Bertz CT molecular complexity index is 846. The van der Waals surface area contributed by atoms with Gasteiger partial charge >= 0.3 is 6.18 Å². The highest BCUT2D eigenvalue weighted by atomic mass is 79.9. The fraction of sp³-hybridized carbons (Fsp3) is 0.562. The minimum atomic E-state index is -4.67. The standard InChI is InChI=1S/C16H20BrClF3N5O/c1-8-12(17)9(2)25(23-8)7-5-6-22-15(27)11(4)26-10(3)13(18)14(24-26)16(19,20)21/h11H,5-7H2,1-4H3,(H,22,27). The summed E-state index contributed by atoms with van der Waals surface area (Å²) in [7, 11) is 0. The molecule has 0 aliphatic carbocycles. The van der Waals surface area contributed by atoms with Crippen LogP contribution in [0.25, 0.3) is 0 Å². The number of rotatable bonds is 6. The molecule has 27 heavy (non-hydrogen) atoms. The van der Waals surface area contributed by atoms with E-state index < -0.39 is 28.8 Å². The topological polar surface area (TPSA) is 64.7 Å². The summed E-state index contributed by atoms with van der Waals surface area (Å²) in [6, 6.07) is -0.915. The summed E-state index contributed by atoms with van der Waals surface area (Å²) in [5.74, 6) is -0.430. The van der Waals surface area contributed by atoms with Crippen molar-refractivity contribution in [3.05, 3.63) is 32.3 Å². The van der Waals surface area contributed by atoms with Gasteiger partial charge in [0.15, 0.2) is 5.69 Å². The van der Waals surface area contributed by atoms with Gasteiger partial charge in [0.25, 0.3) is 0 Å². The molecule has 1 N–H and O–H groups in total. The highest BCUT2D eigenvalue weighted by molar-refractivity contribution is 9.10. The molecule has 0 saturated heterocycles. The van der Waals surface area contributed by atoms with Gasteiger partial charge in [-0.05, 0) is 50.0 Å². The average molecular weight is 471 g/mol. The van der Waals surface area contributed by atoms with Crippen molar-refractivity contribution in [1.29, 1.82) is 0 Å². The number of nitrogens with one attached hydrogen (secondary N) is 1. The smallest absolute Gasteiger partial charge is 0.354 e. The molecule has 1 atom stereocenters. The van der Waals surface area contributed by atoms with Gasteiger partial charge in [-0.2, -0.15) is 23.4 Å². The summed E-state index contributed by atoms with van der Waals surface area (Å²) in [5, 5.41) is 10.1. The zero-order valence-electron chi connectivity index (χ0n) is 15.3. The van der Waals surface area contributed by atoms with Gasteiger partial charge in [0.2, 0.25) is 5.91 Å². The molecule has 2 aromatic rings. The van der Waals surface area contributed by atoms with Gasteiger partial charge in [-0.25, -0.2) is 0 Å². The van der Waals surface area contributed by atoms with Crippen LogP contribution in [0.1, 0.15) is 42.2 Å². The van der Waals surface area contributed by atoms with E-state index in [1.54, 1.807) is 0 Å². The minimum absolute atomic E-state index is 0.0964. The summed E-state index contributed by atoms with van der Waals surface area (Å²) in [4.78, 5) is 12.3. The fourth-order valence-electron chi connectivity index (χ4n) is 2.65. The lowest BCUT2D eigenvalue weighted by Crippen LogP contribution is -2.33. The summed E-state index contributed by atoms with van der Waals surface area (Å²) in [6.07, 6.45) is -4.04. The highest BCUT2D eigenvalue weighted by Gasteiger charge is 2.39. The van der Waals surface area contributed by atoms with E-state index in [1.807, 2.05) is 18.5 Å². The van der Waals surface area contributed by atoms with Crippen LogP contribution in [0, 0.1) is 20.8 Å². The molecule has 0 fully saturated rings. The molecule has 2 rings (SSSR count). The molecule has 0 radical (unpaired) electrons. The zero-order valence-corrected chi connectivity index (χ0v) is 17.6. The van der Waals surface area contributed by atoms with Crippen LogP contribution >= 0.6 is 27.5 Å². The predicted molar refractivity (Wildman–Crippen MR) is 98.7 cm³/mol. The van der Waals surface area contributed by atoms with Gasteiger partial charge in [-0.15, -0.1) is 0 Å². The lowest BCUT2D eigenvalue weighted by Gasteiger charge is -2.14. The maximum absolute atomic E-state index is 12.9. The summed E-state index contributed by atoms with van der Waals surface area (Å²) in [6.45, 7) is 7.67. The Balaban J connectivity index is 1.95. The normalized spacial score (nSPS) is 13.1. The van der Waals surface area contributed by atoms with Crippen molar-refractivity contribution in [3.63, 3.8) is 0 Å². The number of carbonyl (C=O) groups excluding carboxylic acids is 1. The van der Waals surface area contributed by atoms with Crippen LogP contribution in [0.15, 0.2) is 4.47 Å². The first-order valence-electron chi connectivity index (χ1n) is 8.24. The molecule has 0 aromatic carbocycles. The van der Waals surface area contributed by atoms with Gasteiger partial charge in [0.1, 0.15) is 6.04 Å². The summed E-state index contributed by atoms with van der Waals surface area (Å²) in [5.41, 5.74) is 0.792. The van der Waals surface area contributed by atoms with Crippen molar-refractivity contribution in [3.8, 4) is 0 Å². The van der Waals surface area contributed by atoms with Gasteiger partial charge in [0, 0.05) is 18.8 Å². The molecule has 0 saturated carbocycles. The number of aromatic nitrogens is 4. The van der Waals surface area contributed by atoms with E-state index in [-0.39, 0.29) is 5.69 Å². The Labute approximate surface area is 168 Å². The second kappa shape index (κ2) is 8.22. The van der Waals surface area contributed by atoms with E-state index in [9.17, 15) is 18.0 Å². The first-order chi connectivity index (χ1) is 12.4. The predicted octanol–water partition coefficient (Wildman–Crippen LogP) is 4.21. The average Bonchev–Trinajstić information content (AvgIpc) is 3.02. The van der Waals surface area contributed by atoms with E-state index in [2.05, 4.69) is 31.4 Å². The molecular weight excluding hydrogens is 451 g/mol. The second-order valence-corrected chi connectivity index (χ2v) is 7.39. The molecule has 2 aromatic heterocycles. The van der Waals surface area contributed by atoms with E-state index >= 15 is 0 Å². The minimum Gasteiger partial charge on any atom is -0.354 e. The van der Waals surface area contributed by atoms with Crippen molar-refractivity contribution in [2.75, 3.05) is 6.54 Å². The van der Waals surface area contributed by atoms with Crippen molar-refractivity contribution in [2.24, 2.45) is 0 Å². The number of carbonyl (C=O) groups is 1. The lowest BCUT2D eigenvalue weighted by atomic mass is 10.3. The van der Waals surface area contributed by atoms with Gasteiger partial charge in [-0.3, -0.25) is 14.2 Å². The largest absolute Gasteiger partial charge is 0.436 e. The number of hydrogen-bond donors (Lipinski definition) is 1.